The van der Waals surface area contributed by atoms with Crippen LogP contribution in [-0.2, 0) is 0 Å². The van der Waals surface area contributed by atoms with Gasteiger partial charge in [-0.05, 0) is 37.4 Å². The summed E-state index contributed by atoms with van der Waals surface area (Å²) in [5.74, 6) is 1.76. The monoisotopic (exact) mass is 217 g/mol. The molecule has 0 bridgehead atoms. The van der Waals surface area contributed by atoms with Crippen molar-refractivity contribution < 1.29 is 4.74 Å². The predicted molar refractivity (Wildman–Crippen MR) is 64.9 cm³/mol. The van der Waals surface area contributed by atoms with Gasteiger partial charge in [-0.25, -0.2) is 0 Å². The fraction of sp³-hybridized carbons (Fsp3) is 0.571. The Kier molecular flexibility index (Phi) is 2.83. The van der Waals surface area contributed by atoms with Crippen LogP contribution in [0.4, 0.5) is 0 Å². The second-order valence-corrected chi connectivity index (χ2v) is 4.84. The van der Waals surface area contributed by atoms with Gasteiger partial charge in [0.05, 0.1) is 6.61 Å². The normalized spacial score (nSPS) is 29.2. The number of benzene rings is 1. The molecule has 1 N–H and O–H groups in total. The fourth-order valence-electron chi connectivity index (χ4n) is 3.01. The van der Waals surface area contributed by atoms with Gasteiger partial charge in [0.15, 0.2) is 0 Å². The zero-order valence-corrected chi connectivity index (χ0v) is 9.61. The van der Waals surface area contributed by atoms with Crippen LogP contribution in [0.5, 0.6) is 5.75 Å². The zero-order chi connectivity index (χ0) is 10.8. The van der Waals surface area contributed by atoms with Gasteiger partial charge in [-0.1, -0.05) is 24.6 Å². The molecule has 1 fully saturated rings. The predicted octanol–water partition coefficient (Wildman–Crippen LogP) is 2.69. The molecule has 0 saturated carbocycles. The van der Waals surface area contributed by atoms with Gasteiger partial charge in [0.1, 0.15) is 5.75 Å². The minimum atomic E-state index is 0.658. The molecule has 0 unspecified atom stereocenters. The Bertz CT molecular complexity index is 358. The first-order valence-corrected chi connectivity index (χ1v) is 6.40. The molecule has 2 aliphatic rings. The van der Waals surface area contributed by atoms with Crippen LogP contribution in [0, 0.1) is 0 Å². The van der Waals surface area contributed by atoms with Crippen LogP contribution in [0.25, 0.3) is 0 Å². The lowest BCUT2D eigenvalue weighted by atomic mass is 9.83. The largest absolute Gasteiger partial charge is 0.493 e. The summed E-state index contributed by atoms with van der Waals surface area (Å²) < 4.78 is 5.72. The molecule has 3 rings (SSSR count). The van der Waals surface area contributed by atoms with E-state index >= 15 is 0 Å². The molecule has 0 aromatic heterocycles. The van der Waals surface area contributed by atoms with Crippen molar-refractivity contribution >= 4 is 0 Å². The number of ether oxygens (including phenoxy) is 1. The van der Waals surface area contributed by atoms with E-state index < -0.39 is 0 Å². The van der Waals surface area contributed by atoms with Crippen LogP contribution in [0.3, 0.4) is 0 Å². The minimum Gasteiger partial charge on any atom is -0.493 e. The van der Waals surface area contributed by atoms with Gasteiger partial charge in [-0.3, -0.25) is 0 Å². The molecular weight excluding hydrogens is 198 g/mol. The first-order chi connectivity index (χ1) is 7.95. The van der Waals surface area contributed by atoms with Crippen molar-refractivity contribution in [1.29, 1.82) is 0 Å². The summed E-state index contributed by atoms with van der Waals surface area (Å²) in [5.41, 5.74) is 1.41. The molecule has 0 radical (unpaired) electrons. The third-order valence-corrected chi connectivity index (χ3v) is 3.84. The van der Waals surface area contributed by atoms with E-state index in [9.17, 15) is 0 Å². The molecule has 0 spiro atoms. The Balaban J connectivity index is 1.86. The molecule has 2 heteroatoms. The molecule has 2 aliphatic heterocycles. The number of para-hydroxylation sites is 1. The summed E-state index contributed by atoms with van der Waals surface area (Å²) in [6.07, 6.45) is 5.19. The summed E-state index contributed by atoms with van der Waals surface area (Å²) in [6, 6.07) is 9.19. The Morgan fingerprint density at radius 3 is 2.94 bits per heavy atom. The Labute approximate surface area is 97.0 Å². The lowest BCUT2D eigenvalue weighted by molar-refractivity contribution is 0.232. The van der Waals surface area contributed by atoms with E-state index in [0.717, 1.165) is 18.8 Å². The van der Waals surface area contributed by atoms with Gasteiger partial charge in [-0.15, -0.1) is 0 Å². The third-order valence-electron chi connectivity index (χ3n) is 3.84. The second-order valence-electron chi connectivity index (χ2n) is 4.84. The first-order valence-electron chi connectivity index (χ1n) is 6.40. The molecule has 1 saturated heterocycles. The average molecular weight is 217 g/mol. The average Bonchev–Trinajstić information content (AvgIpc) is 2.39. The van der Waals surface area contributed by atoms with Crippen molar-refractivity contribution in [2.24, 2.45) is 0 Å². The molecule has 2 nitrogen and oxygen atoms in total. The van der Waals surface area contributed by atoms with Crippen molar-refractivity contribution in [2.75, 3.05) is 13.2 Å². The van der Waals surface area contributed by atoms with Crippen molar-refractivity contribution in [3.8, 4) is 5.75 Å². The van der Waals surface area contributed by atoms with Crippen molar-refractivity contribution in [3.05, 3.63) is 29.8 Å². The first kappa shape index (κ1) is 10.2. The molecule has 86 valence electrons. The van der Waals surface area contributed by atoms with E-state index in [-0.39, 0.29) is 0 Å². The number of piperidine rings is 1. The topological polar surface area (TPSA) is 21.3 Å². The third kappa shape index (κ3) is 1.82. The van der Waals surface area contributed by atoms with Gasteiger partial charge in [0.25, 0.3) is 0 Å². The van der Waals surface area contributed by atoms with E-state index in [4.69, 9.17) is 4.74 Å². The lowest BCUT2D eigenvalue weighted by Crippen LogP contribution is -2.40. The number of hydrogen-bond donors (Lipinski definition) is 1. The quantitative estimate of drug-likeness (QED) is 0.781. The van der Waals surface area contributed by atoms with Gasteiger partial charge in [0.2, 0.25) is 0 Å². The second kappa shape index (κ2) is 4.46. The molecule has 1 aromatic carbocycles. The maximum atomic E-state index is 5.72. The van der Waals surface area contributed by atoms with E-state index in [1.165, 1.54) is 31.4 Å². The molecular formula is C14H19NO. The van der Waals surface area contributed by atoms with Crippen LogP contribution in [0.2, 0.25) is 0 Å². The number of hydrogen-bond acceptors (Lipinski definition) is 2. The van der Waals surface area contributed by atoms with Gasteiger partial charge in [0, 0.05) is 12.0 Å². The van der Waals surface area contributed by atoms with Crippen molar-refractivity contribution in [1.82, 2.24) is 5.32 Å². The lowest BCUT2D eigenvalue weighted by Gasteiger charge is -2.35. The van der Waals surface area contributed by atoms with Gasteiger partial charge < -0.3 is 10.1 Å². The SMILES string of the molecule is c1ccc2c(c1)OCC[C@@H]2[C@H]1CCCCN1. The Morgan fingerprint density at radius 2 is 2.06 bits per heavy atom. The highest BCUT2D eigenvalue weighted by Crippen LogP contribution is 2.37. The zero-order valence-electron chi connectivity index (χ0n) is 9.61. The highest BCUT2D eigenvalue weighted by molar-refractivity contribution is 5.38. The maximum absolute atomic E-state index is 5.72. The van der Waals surface area contributed by atoms with E-state index in [2.05, 4.69) is 29.6 Å². The summed E-state index contributed by atoms with van der Waals surface area (Å²) in [4.78, 5) is 0. The molecule has 0 aliphatic carbocycles. The smallest absolute Gasteiger partial charge is 0.122 e. The molecule has 0 amide bonds. The Morgan fingerprint density at radius 1 is 1.12 bits per heavy atom. The molecule has 2 atom stereocenters. The highest BCUT2D eigenvalue weighted by atomic mass is 16.5. The number of fused-ring (bicyclic) bond motifs is 1. The summed E-state index contributed by atoms with van der Waals surface area (Å²) in [5, 5.41) is 3.67. The number of nitrogens with one attached hydrogen (secondary N) is 1. The fourth-order valence-corrected chi connectivity index (χ4v) is 3.01. The highest BCUT2D eigenvalue weighted by Gasteiger charge is 2.29. The Hall–Kier alpha value is -1.02. The van der Waals surface area contributed by atoms with E-state index in [0.29, 0.717) is 12.0 Å². The van der Waals surface area contributed by atoms with Crippen molar-refractivity contribution in [3.63, 3.8) is 0 Å². The summed E-state index contributed by atoms with van der Waals surface area (Å²) in [7, 11) is 0. The standard InChI is InChI=1S/C14H19NO/c1-2-7-14-12(5-1)11(8-10-16-14)13-6-3-4-9-15-13/h1-2,5,7,11,13,15H,3-4,6,8-10H2/t11-,13+/m0/s1. The molecule has 1 aromatic rings. The van der Waals surface area contributed by atoms with Crippen LogP contribution in [0.15, 0.2) is 24.3 Å². The van der Waals surface area contributed by atoms with Crippen LogP contribution in [-0.4, -0.2) is 19.2 Å². The maximum Gasteiger partial charge on any atom is 0.122 e. The molecule has 16 heavy (non-hydrogen) atoms. The van der Waals surface area contributed by atoms with Gasteiger partial charge in [-0.2, -0.15) is 0 Å². The number of rotatable bonds is 1. The van der Waals surface area contributed by atoms with Gasteiger partial charge >= 0.3 is 0 Å². The van der Waals surface area contributed by atoms with Crippen molar-refractivity contribution in [2.45, 2.75) is 37.6 Å². The summed E-state index contributed by atoms with van der Waals surface area (Å²) in [6.45, 7) is 2.06. The molecule has 2 heterocycles. The minimum absolute atomic E-state index is 0.658. The van der Waals surface area contributed by atoms with E-state index in [1.807, 2.05) is 0 Å². The van der Waals surface area contributed by atoms with Crippen LogP contribution < -0.4 is 10.1 Å². The van der Waals surface area contributed by atoms with Crippen LogP contribution in [0.1, 0.15) is 37.2 Å². The summed E-state index contributed by atoms with van der Waals surface area (Å²) >= 11 is 0. The van der Waals surface area contributed by atoms with Crippen LogP contribution >= 0.6 is 0 Å². The van der Waals surface area contributed by atoms with E-state index in [1.54, 1.807) is 0 Å².